The van der Waals surface area contributed by atoms with Gasteiger partial charge in [0.15, 0.2) is 0 Å². The van der Waals surface area contributed by atoms with E-state index in [9.17, 15) is 13.6 Å². The zero-order chi connectivity index (χ0) is 16.3. The number of anilines is 1. The van der Waals surface area contributed by atoms with Crippen LogP contribution in [0.3, 0.4) is 0 Å². The summed E-state index contributed by atoms with van der Waals surface area (Å²) in [6.07, 6.45) is 2.77. The maximum atomic E-state index is 13.6. The van der Waals surface area contributed by atoms with Crippen molar-refractivity contribution in [1.29, 1.82) is 0 Å². The summed E-state index contributed by atoms with van der Waals surface area (Å²) in [5, 5.41) is 0. The van der Waals surface area contributed by atoms with Crippen molar-refractivity contribution in [1.82, 2.24) is 0 Å². The average molecular weight is 302 g/mol. The first kappa shape index (κ1) is 15.7. The summed E-state index contributed by atoms with van der Waals surface area (Å²) in [4.78, 5) is 13.4. The fraction of sp³-hybridized carbons (Fsp3) is 0.118. The summed E-state index contributed by atoms with van der Waals surface area (Å²) in [6.45, 7) is 0. The lowest BCUT2D eigenvalue weighted by Crippen LogP contribution is -2.15. The Labute approximate surface area is 127 Å². The molecule has 0 aliphatic rings. The number of benzene rings is 2. The van der Waals surface area contributed by atoms with E-state index in [2.05, 4.69) is 0 Å². The Morgan fingerprint density at radius 1 is 1.09 bits per heavy atom. The third-order valence-electron chi connectivity index (χ3n) is 3.25. The molecule has 0 radical (unpaired) electrons. The summed E-state index contributed by atoms with van der Waals surface area (Å²) < 4.78 is 27.2. The van der Waals surface area contributed by atoms with Crippen LogP contribution in [0.5, 0.6) is 0 Å². The highest BCUT2D eigenvalue weighted by Crippen LogP contribution is 2.21. The van der Waals surface area contributed by atoms with Crippen LogP contribution in [-0.2, 0) is 0 Å². The molecule has 0 aromatic heterocycles. The molecule has 0 atom stereocenters. The molecule has 0 aliphatic carbocycles. The van der Waals surface area contributed by atoms with Crippen molar-refractivity contribution in [2.75, 3.05) is 19.0 Å². The molecule has 0 saturated carbocycles. The van der Waals surface area contributed by atoms with Gasteiger partial charge < -0.3 is 10.6 Å². The molecule has 2 aromatic carbocycles. The van der Waals surface area contributed by atoms with E-state index < -0.39 is 17.5 Å². The van der Waals surface area contributed by atoms with Crippen LogP contribution >= 0.6 is 0 Å². The van der Waals surface area contributed by atoms with E-state index in [4.69, 9.17) is 5.73 Å². The molecule has 0 bridgehead atoms. The second-order valence-corrected chi connectivity index (χ2v) is 5.00. The van der Waals surface area contributed by atoms with E-state index in [1.54, 1.807) is 18.2 Å². The number of primary amides is 1. The molecule has 2 rings (SSSR count). The van der Waals surface area contributed by atoms with Gasteiger partial charge in [-0.05, 0) is 35.9 Å². The normalized spacial score (nSPS) is 10.9. The minimum Gasteiger partial charge on any atom is -0.378 e. The summed E-state index contributed by atoms with van der Waals surface area (Å²) in [7, 11) is 3.68. The van der Waals surface area contributed by atoms with E-state index in [1.165, 1.54) is 30.4 Å². The Morgan fingerprint density at radius 3 is 2.27 bits per heavy atom. The molecule has 2 N–H and O–H groups in total. The number of nitrogens with zero attached hydrogens (tertiary/aromatic N) is 1. The summed E-state index contributed by atoms with van der Waals surface area (Å²) in [6, 6.07) is 8.76. The predicted molar refractivity (Wildman–Crippen MR) is 84.6 cm³/mol. The molecular weight excluding hydrogens is 286 g/mol. The van der Waals surface area contributed by atoms with Crippen LogP contribution in [0.15, 0.2) is 36.4 Å². The number of hydrogen-bond donors (Lipinski definition) is 1. The second kappa shape index (κ2) is 6.39. The maximum Gasteiger partial charge on any atom is 0.249 e. The van der Waals surface area contributed by atoms with Gasteiger partial charge in [0.05, 0.1) is 0 Å². The van der Waals surface area contributed by atoms with Crippen LogP contribution in [0, 0.1) is 11.6 Å². The molecule has 0 heterocycles. The lowest BCUT2D eigenvalue weighted by atomic mass is 10.0. The Kier molecular flexibility index (Phi) is 4.56. The average Bonchev–Trinajstić information content (AvgIpc) is 2.46. The number of carbonyl (C=O) groups excluding carboxylic acids is 1. The number of amides is 1. The fourth-order valence-corrected chi connectivity index (χ4v) is 2.02. The molecule has 0 saturated heterocycles. The highest BCUT2D eigenvalue weighted by molar-refractivity contribution is 5.98. The number of rotatable bonds is 4. The van der Waals surface area contributed by atoms with Gasteiger partial charge in [-0.2, -0.15) is 0 Å². The van der Waals surface area contributed by atoms with Gasteiger partial charge in [-0.1, -0.05) is 18.2 Å². The van der Waals surface area contributed by atoms with Crippen molar-refractivity contribution in [3.05, 3.63) is 64.7 Å². The van der Waals surface area contributed by atoms with Gasteiger partial charge in [-0.15, -0.1) is 0 Å². The van der Waals surface area contributed by atoms with Gasteiger partial charge >= 0.3 is 0 Å². The Bertz CT molecular complexity index is 719. The minimum absolute atomic E-state index is 0.158. The largest absolute Gasteiger partial charge is 0.378 e. The zero-order valence-electron chi connectivity index (χ0n) is 12.3. The van der Waals surface area contributed by atoms with E-state index in [0.29, 0.717) is 11.1 Å². The SMILES string of the molecule is CN(C)c1ccc(/C=C/c2c(F)cccc2F)c(C(N)=O)c1. The summed E-state index contributed by atoms with van der Waals surface area (Å²) >= 11 is 0. The topological polar surface area (TPSA) is 46.3 Å². The molecule has 0 spiro atoms. The van der Waals surface area contributed by atoms with E-state index in [0.717, 1.165) is 5.69 Å². The van der Waals surface area contributed by atoms with Crippen LogP contribution in [0.2, 0.25) is 0 Å². The second-order valence-electron chi connectivity index (χ2n) is 5.00. The molecule has 0 fully saturated rings. The van der Waals surface area contributed by atoms with Gasteiger partial charge in [-0.25, -0.2) is 8.78 Å². The van der Waals surface area contributed by atoms with Gasteiger partial charge in [0, 0.05) is 30.9 Å². The lowest BCUT2D eigenvalue weighted by Gasteiger charge is -2.14. The number of hydrogen-bond acceptors (Lipinski definition) is 2. The number of halogens is 2. The molecule has 22 heavy (non-hydrogen) atoms. The molecule has 114 valence electrons. The first-order valence-corrected chi connectivity index (χ1v) is 6.63. The third kappa shape index (κ3) is 3.31. The highest BCUT2D eigenvalue weighted by atomic mass is 19.1. The Morgan fingerprint density at radius 2 is 1.73 bits per heavy atom. The van der Waals surface area contributed by atoms with Crippen LogP contribution in [0.25, 0.3) is 12.2 Å². The molecule has 1 amide bonds. The van der Waals surface area contributed by atoms with E-state index >= 15 is 0 Å². The van der Waals surface area contributed by atoms with Gasteiger partial charge in [0.1, 0.15) is 11.6 Å². The Hall–Kier alpha value is -2.69. The minimum atomic E-state index is -0.665. The van der Waals surface area contributed by atoms with Crippen LogP contribution in [0.1, 0.15) is 21.5 Å². The molecule has 5 heteroatoms. The summed E-state index contributed by atoms with van der Waals surface area (Å²) in [5.74, 6) is -1.93. The van der Waals surface area contributed by atoms with Crippen LogP contribution < -0.4 is 10.6 Å². The van der Waals surface area contributed by atoms with Gasteiger partial charge in [0.25, 0.3) is 0 Å². The van der Waals surface area contributed by atoms with E-state index in [1.807, 2.05) is 19.0 Å². The Balaban J connectivity index is 2.45. The van der Waals surface area contributed by atoms with Crippen LogP contribution in [0.4, 0.5) is 14.5 Å². The highest BCUT2D eigenvalue weighted by Gasteiger charge is 2.09. The van der Waals surface area contributed by atoms with Crippen molar-refractivity contribution >= 4 is 23.7 Å². The van der Waals surface area contributed by atoms with Crippen LogP contribution in [-0.4, -0.2) is 20.0 Å². The third-order valence-corrected chi connectivity index (χ3v) is 3.25. The van der Waals surface area contributed by atoms with E-state index in [-0.39, 0.29) is 5.56 Å². The quantitative estimate of drug-likeness (QED) is 0.881. The molecule has 0 aliphatic heterocycles. The monoisotopic (exact) mass is 302 g/mol. The van der Waals surface area contributed by atoms with Crippen molar-refractivity contribution in [3.63, 3.8) is 0 Å². The van der Waals surface area contributed by atoms with Crippen molar-refractivity contribution < 1.29 is 13.6 Å². The zero-order valence-corrected chi connectivity index (χ0v) is 12.3. The molecule has 0 unspecified atom stereocenters. The smallest absolute Gasteiger partial charge is 0.249 e. The van der Waals surface area contributed by atoms with Crippen molar-refractivity contribution in [3.8, 4) is 0 Å². The molecule has 3 nitrogen and oxygen atoms in total. The van der Waals surface area contributed by atoms with Gasteiger partial charge in [-0.3, -0.25) is 4.79 Å². The first-order valence-electron chi connectivity index (χ1n) is 6.63. The van der Waals surface area contributed by atoms with Crippen molar-refractivity contribution in [2.24, 2.45) is 5.73 Å². The predicted octanol–water partition coefficient (Wildman–Crippen LogP) is 3.30. The van der Waals surface area contributed by atoms with Crippen molar-refractivity contribution in [2.45, 2.75) is 0 Å². The number of nitrogens with two attached hydrogens (primary N) is 1. The lowest BCUT2D eigenvalue weighted by molar-refractivity contribution is 0.1000. The number of carbonyl (C=O) groups is 1. The fourth-order valence-electron chi connectivity index (χ4n) is 2.02. The molecular formula is C17H16F2N2O. The van der Waals surface area contributed by atoms with Gasteiger partial charge in [0.2, 0.25) is 5.91 Å². The summed E-state index contributed by atoms with van der Waals surface area (Å²) in [5.41, 5.74) is 6.82. The molecule has 2 aromatic rings. The standard InChI is InChI=1S/C17H16F2N2O/c1-21(2)12-8-6-11(14(10-12)17(20)22)7-9-13-15(18)4-3-5-16(13)19/h3-10H,1-2H3,(H2,20,22)/b9-7+. The maximum absolute atomic E-state index is 13.6. The first-order chi connectivity index (χ1) is 10.4.